The smallest absolute Gasteiger partial charge is 0.293 e. The number of unbranched alkanes of at least 4 members (excludes halogenated alkanes) is 2. The van der Waals surface area contributed by atoms with Crippen molar-refractivity contribution in [2.45, 2.75) is 39.2 Å². The van der Waals surface area contributed by atoms with Crippen LogP contribution in [0.4, 0.5) is 0 Å². The Balaban J connectivity index is 2.38. The number of carbonyl (C=O) groups is 1. The Morgan fingerprint density at radius 3 is 2.53 bits per heavy atom. The van der Waals surface area contributed by atoms with E-state index in [0.717, 1.165) is 12.0 Å². The van der Waals surface area contributed by atoms with Gasteiger partial charge in [-0.1, -0.05) is 44.0 Å². The first kappa shape index (κ1) is 10.2. The van der Waals surface area contributed by atoms with Crippen LogP contribution in [-0.4, -0.2) is 6.45 Å². The fourth-order valence-electron chi connectivity index (χ4n) is 1.49. The molecule has 0 radical (unpaired) electrons. The molecule has 1 rings (SSSR count). The van der Waals surface area contributed by atoms with Crippen molar-refractivity contribution in [2.75, 3.05) is 0 Å². The molecule has 0 spiro atoms. The number of carbonyl (C=O) groups excluding carboxylic acids is 1. The Kier molecular flexibility index (Phi) is 4.80. The van der Waals surface area contributed by atoms with E-state index in [4.69, 9.17) is 1.37 Å². The Labute approximate surface area is 92.7 Å². The van der Waals surface area contributed by atoms with Gasteiger partial charge in [-0.05, 0) is 24.0 Å². The lowest BCUT2D eigenvalue weighted by Gasteiger charge is -2.03. The standard InChI is InChI=1S/C13H18O2/c1-2-3-4-5-12-6-8-13(9-7-12)10-15-11-14/h6-9,11H,2-5,10H2,1H3/i11D. The second kappa shape index (κ2) is 7.04. The molecule has 0 bridgehead atoms. The Bertz CT molecular complexity index is 319. The third kappa shape index (κ3) is 4.63. The maximum Gasteiger partial charge on any atom is 0.293 e. The molecule has 1 aromatic rings. The Hall–Kier alpha value is -1.31. The van der Waals surface area contributed by atoms with Crippen LogP contribution in [0.1, 0.15) is 38.7 Å². The van der Waals surface area contributed by atoms with Gasteiger partial charge in [0.05, 0.1) is 0 Å². The highest BCUT2D eigenvalue weighted by molar-refractivity contribution is 5.37. The fourth-order valence-corrected chi connectivity index (χ4v) is 1.49. The van der Waals surface area contributed by atoms with Crippen LogP contribution in [-0.2, 0) is 22.6 Å². The molecule has 0 unspecified atom stereocenters. The summed E-state index contributed by atoms with van der Waals surface area (Å²) in [6.45, 7) is 2.38. The highest BCUT2D eigenvalue weighted by Gasteiger charge is 1.95. The average Bonchev–Trinajstić information content (AvgIpc) is 2.28. The molecule has 0 amide bonds. The zero-order valence-corrected chi connectivity index (χ0v) is 9.16. The van der Waals surface area contributed by atoms with Crippen molar-refractivity contribution >= 4 is 6.45 Å². The molecule has 15 heavy (non-hydrogen) atoms. The minimum absolute atomic E-state index is 0.192. The van der Waals surface area contributed by atoms with Crippen molar-refractivity contribution in [3.8, 4) is 0 Å². The molecule has 0 saturated heterocycles. The molecule has 82 valence electrons. The monoisotopic (exact) mass is 207 g/mol. The van der Waals surface area contributed by atoms with Gasteiger partial charge in [0, 0.05) is 0 Å². The van der Waals surface area contributed by atoms with Crippen molar-refractivity contribution < 1.29 is 10.9 Å². The number of benzene rings is 1. The van der Waals surface area contributed by atoms with Crippen LogP contribution in [0.5, 0.6) is 0 Å². The predicted octanol–water partition coefficient (Wildman–Crippen LogP) is 3.09. The first-order valence-electron chi connectivity index (χ1n) is 5.93. The number of hydrogen-bond acceptors (Lipinski definition) is 2. The topological polar surface area (TPSA) is 26.3 Å². The molecule has 0 aromatic heterocycles. The maximum atomic E-state index is 10.3. The summed E-state index contributed by atoms with van der Waals surface area (Å²) in [6.07, 6.45) is 3.84. The summed E-state index contributed by atoms with van der Waals surface area (Å²) in [4.78, 5) is 10.3. The van der Waals surface area contributed by atoms with Crippen LogP contribution in [0.3, 0.4) is 0 Å². The van der Waals surface area contributed by atoms with Crippen LogP contribution in [0.15, 0.2) is 24.3 Å². The van der Waals surface area contributed by atoms with Crippen LogP contribution in [0.2, 0.25) is 0 Å². The maximum absolute atomic E-state index is 10.3. The molecule has 1 aromatic carbocycles. The third-order valence-electron chi connectivity index (χ3n) is 2.39. The number of aryl methyl sites for hydroxylation is 1. The van der Waals surface area contributed by atoms with Gasteiger partial charge >= 0.3 is 0 Å². The lowest BCUT2D eigenvalue weighted by Crippen LogP contribution is -1.91. The van der Waals surface area contributed by atoms with E-state index < -0.39 is 6.45 Å². The largest absolute Gasteiger partial charge is 0.463 e. The van der Waals surface area contributed by atoms with Gasteiger partial charge in [-0.3, -0.25) is 4.79 Å². The minimum atomic E-state index is -0.980. The summed E-state index contributed by atoms with van der Waals surface area (Å²) in [5.41, 5.74) is 2.24. The van der Waals surface area contributed by atoms with Crippen molar-refractivity contribution in [2.24, 2.45) is 0 Å². The lowest BCUT2D eigenvalue weighted by molar-refractivity contribution is -0.129. The van der Waals surface area contributed by atoms with Gasteiger partial charge in [-0.25, -0.2) is 0 Å². The summed E-state index contributed by atoms with van der Waals surface area (Å²) in [7, 11) is 0. The van der Waals surface area contributed by atoms with Gasteiger partial charge in [0.2, 0.25) is 0 Å². The first-order valence-corrected chi connectivity index (χ1v) is 5.43. The Morgan fingerprint density at radius 2 is 1.93 bits per heavy atom. The van der Waals surface area contributed by atoms with Crippen LogP contribution in [0, 0.1) is 0 Å². The molecule has 0 atom stereocenters. The SMILES string of the molecule is [2H]C(=O)OCc1ccc(CCCCC)cc1. The van der Waals surface area contributed by atoms with E-state index in [1.54, 1.807) is 0 Å². The molecule has 0 saturated carbocycles. The van der Waals surface area contributed by atoms with Gasteiger partial charge in [0.25, 0.3) is 6.45 Å². The van der Waals surface area contributed by atoms with E-state index in [1.807, 2.05) is 12.1 Å². The van der Waals surface area contributed by atoms with E-state index in [9.17, 15) is 4.79 Å². The summed E-state index contributed by atoms with van der Waals surface area (Å²) in [5.74, 6) is 0. The normalized spacial score (nSPS) is 10.9. The number of hydrogen-bond donors (Lipinski definition) is 0. The van der Waals surface area contributed by atoms with Crippen LogP contribution < -0.4 is 0 Å². The number of ether oxygens (including phenoxy) is 1. The van der Waals surface area contributed by atoms with E-state index in [-0.39, 0.29) is 6.61 Å². The highest BCUT2D eigenvalue weighted by Crippen LogP contribution is 2.09. The van der Waals surface area contributed by atoms with E-state index in [1.165, 1.54) is 24.8 Å². The van der Waals surface area contributed by atoms with Gasteiger partial charge in [0.15, 0.2) is 1.37 Å². The highest BCUT2D eigenvalue weighted by atomic mass is 16.5. The molecular weight excluding hydrogens is 188 g/mol. The molecule has 0 heterocycles. The molecule has 0 aliphatic carbocycles. The molecule has 0 N–H and O–H groups in total. The van der Waals surface area contributed by atoms with Gasteiger partial charge in [0.1, 0.15) is 6.61 Å². The predicted molar refractivity (Wildman–Crippen MR) is 60.5 cm³/mol. The lowest BCUT2D eigenvalue weighted by atomic mass is 10.1. The summed E-state index contributed by atoms with van der Waals surface area (Å²) >= 11 is 0. The quantitative estimate of drug-likeness (QED) is 0.529. The van der Waals surface area contributed by atoms with Gasteiger partial charge in [-0.2, -0.15) is 0 Å². The molecular formula is C13H18O2. The molecule has 0 aliphatic heterocycles. The molecule has 2 heteroatoms. The van der Waals surface area contributed by atoms with Crippen molar-refractivity contribution in [1.82, 2.24) is 0 Å². The summed E-state index contributed by atoms with van der Waals surface area (Å²) in [5, 5.41) is 0. The zero-order chi connectivity index (χ0) is 11.8. The molecule has 2 nitrogen and oxygen atoms in total. The van der Waals surface area contributed by atoms with Crippen molar-refractivity contribution in [3.63, 3.8) is 0 Å². The second-order valence-electron chi connectivity index (χ2n) is 3.65. The van der Waals surface area contributed by atoms with E-state index in [0.29, 0.717) is 0 Å². The second-order valence-corrected chi connectivity index (χ2v) is 3.65. The average molecular weight is 207 g/mol. The molecule has 0 aliphatic rings. The van der Waals surface area contributed by atoms with E-state index in [2.05, 4.69) is 23.8 Å². The van der Waals surface area contributed by atoms with Crippen molar-refractivity contribution in [3.05, 3.63) is 35.4 Å². The first-order chi connectivity index (χ1) is 7.72. The molecule has 0 fully saturated rings. The summed E-state index contributed by atoms with van der Waals surface area (Å²) < 4.78 is 11.2. The number of rotatable bonds is 6. The zero-order valence-electron chi connectivity index (χ0n) is 10.2. The fraction of sp³-hybridized carbons (Fsp3) is 0.462. The van der Waals surface area contributed by atoms with Crippen molar-refractivity contribution in [1.29, 1.82) is 0 Å². The van der Waals surface area contributed by atoms with Crippen LogP contribution >= 0.6 is 0 Å². The minimum Gasteiger partial charge on any atom is -0.463 e. The van der Waals surface area contributed by atoms with Gasteiger partial charge in [-0.15, -0.1) is 0 Å². The van der Waals surface area contributed by atoms with Crippen LogP contribution in [0.25, 0.3) is 0 Å². The van der Waals surface area contributed by atoms with Gasteiger partial charge < -0.3 is 4.74 Å². The Morgan fingerprint density at radius 1 is 1.27 bits per heavy atom. The summed E-state index contributed by atoms with van der Waals surface area (Å²) in [6, 6.07) is 8.01. The van der Waals surface area contributed by atoms with E-state index >= 15 is 0 Å². The third-order valence-corrected chi connectivity index (χ3v) is 2.39.